The summed E-state index contributed by atoms with van der Waals surface area (Å²) in [5, 5.41) is 10.7. The first-order valence-electron chi connectivity index (χ1n) is 5.50. The number of rotatable bonds is 5. The van der Waals surface area contributed by atoms with E-state index in [2.05, 4.69) is 9.80 Å². The minimum Gasteiger partial charge on any atom is -0.395 e. The van der Waals surface area contributed by atoms with E-state index in [1.165, 1.54) is 0 Å². The molecule has 1 heterocycles. The fraction of sp³-hybridized carbons (Fsp3) is 0.900. The third-order valence-corrected chi connectivity index (χ3v) is 3.91. The third-order valence-electron chi connectivity index (χ3n) is 2.77. The zero-order chi connectivity index (χ0) is 11.1. The van der Waals surface area contributed by atoms with E-state index < -0.39 is 10.8 Å². The predicted molar refractivity (Wildman–Crippen MR) is 66.8 cm³/mol. The van der Waals surface area contributed by atoms with E-state index in [1.807, 2.05) is 12.3 Å². The van der Waals surface area contributed by atoms with E-state index in [4.69, 9.17) is 5.11 Å². The summed E-state index contributed by atoms with van der Waals surface area (Å²) < 4.78 is 9.43. The zero-order valence-electron chi connectivity index (χ0n) is 9.43. The molecule has 1 fully saturated rings. The van der Waals surface area contributed by atoms with Crippen molar-refractivity contribution in [1.82, 2.24) is 9.80 Å². The first-order chi connectivity index (χ1) is 7.26. The molecule has 0 aromatic carbocycles. The molecular weight excluding hydrogens is 212 g/mol. The molecule has 0 aromatic rings. The Kier molecular flexibility index (Phi) is 6.43. The van der Waals surface area contributed by atoms with Crippen LogP contribution in [-0.4, -0.2) is 76.5 Å². The van der Waals surface area contributed by atoms with Crippen LogP contribution in [0.4, 0.5) is 0 Å². The lowest BCUT2D eigenvalue weighted by molar-refractivity contribution is 0.117. The summed E-state index contributed by atoms with van der Waals surface area (Å²) in [5.41, 5.74) is 0. The van der Waals surface area contributed by atoms with Crippen molar-refractivity contribution in [2.24, 2.45) is 0 Å². The normalized spacial score (nSPS) is 22.1. The van der Waals surface area contributed by atoms with Crippen LogP contribution in [0.3, 0.4) is 0 Å². The van der Waals surface area contributed by atoms with Gasteiger partial charge in [0.1, 0.15) is 0 Å². The molecule has 1 atom stereocenters. The van der Waals surface area contributed by atoms with Crippen molar-refractivity contribution in [3.63, 3.8) is 0 Å². The van der Waals surface area contributed by atoms with Gasteiger partial charge in [-0.25, -0.2) is 0 Å². The molecule has 1 saturated heterocycles. The quantitative estimate of drug-likeness (QED) is 0.665. The van der Waals surface area contributed by atoms with Crippen LogP contribution in [-0.2, 0) is 0 Å². The van der Waals surface area contributed by atoms with Gasteiger partial charge in [0.2, 0.25) is 0 Å². The van der Waals surface area contributed by atoms with Gasteiger partial charge < -0.3 is 9.66 Å². The van der Waals surface area contributed by atoms with Gasteiger partial charge >= 0.3 is 0 Å². The topological polar surface area (TPSA) is 46.9 Å². The minimum absolute atomic E-state index is 0.255. The first-order valence-corrected chi connectivity index (χ1v) is 6.91. The number of hydrogen-bond acceptors (Lipinski definition) is 4. The maximum Gasteiger partial charge on any atom is 0.0558 e. The SMILES string of the molecule is C/C=S(/O)CCN1CCN(CCO)CC1. The third kappa shape index (κ3) is 5.08. The van der Waals surface area contributed by atoms with Crippen molar-refractivity contribution in [3.05, 3.63) is 0 Å². The summed E-state index contributed by atoms with van der Waals surface area (Å²) in [4.78, 5) is 4.66. The average Bonchev–Trinajstić information content (AvgIpc) is 2.28. The monoisotopic (exact) mass is 234 g/mol. The van der Waals surface area contributed by atoms with Gasteiger partial charge in [0.05, 0.1) is 6.61 Å². The van der Waals surface area contributed by atoms with Crippen molar-refractivity contribution >= 4 is 16.1 Å². The molecule has 0 spiro atoms. The molecule has 0 amide bonds. The lowest BCUT2D eigenvalue weighted by Crippen LogP contribution is -2.47. The maximum absolute atomic E-state index is 9.43. The Morgan fingerprint density at radius 1 is 1.13 bits per heavy atom. The Morgan fingerprint density at radius 2 is 1.67 bits per heavy atom. The molecular formula is C10H22N2O2S. The van der Waals surface area contributed by atoms with Crippen LogP contribution in [0.1, 0.15) is 6.92 Å². The molecule has 2 N–H and O–H groups in total. The number of aliphatic hydroxyl groups is 1. The van der Waals surface area contributed by atoms with Crippen LogP contribution >= 0.6 is 10.8 Å². The van der Waals surface area contributed by atoms with E-state index in [9.17, 15) is 4.55 Å². The number of aliphatic hydroxyl groups excluding tert-OH is 1. The molecule has 1 aliphatic heterocycles. The summed E-state index contributed by atoms with van der Waals surface area (Å²) in [6, 6.07) is 0. The van der Waals surface area contributed by atoms with Crippen LogP contribution < -0.4 is 0 Å². The highest BCUT2D eigenvalue weighted by Crippen LogP contribution is 2.07. The molecule has 0 aromatic heterocycles. The molecule has 90 valence electrons. The van der Waals surface area contributed by atoms with Gasteiger partial charge in [-0.05, 0) is 12.3 Å². The van der Waals surface area contributed by atoms with Gasteiger partial charge in [-0.3, -0.25) is 9.80 Å². The second-order valence-electron chi connectivity index (χ2n) is 3.75. The summed E-state index contributed by atoms with van der Waals surface area (Å²) in [6.45, 7) is 8.12. The van der Waals surface area contributed by atoms with Gasteiger partial charge in [0.25, 0.3) is 0 Å². The lowest BCUT2D eigenvalue weighted by Gasteiger charge is -2.34. The molecule has 0 radical (unpaired) electrons. The smallest absolute Gasteiger partial charge is 0.0558 e. The van der Waals surface area contributed by atoms with Gasteiger partial charge in [0, 0.05) is 45.0 Å². The van der Waals surface area contributed by atoms with Gasteiger partial charge in [0.15, 0.2) is 0 Å². The van der Waals surface area contributed by atoms with Crippen molar-refractivity contribution in [2.75, 3.05) is 51.6 Å². The fourth-order valence-corrected chi connectivity index (χ4v) is 2.40. The maximum atomic E-state index is 9.43. The standard InChI is InChI=1S/C10H22N2O2S/c1-2-15(14)10-8-12-5-3-11(4-6-12)7-9-13/h2,13-14H,3-10H2,1H3. The number of β-amino-alcohol motifs (C(OH)–C–C–N with tert-alkyl or cyclic N) is 1. The van der Waals surface area contributed by atoms with Crippen LogP contribution in [0, 0.1) is 0 Å². The molecule has 0 aliphatic carbocycles. The van der Waals surface area contributed by atoms with Gasteiger partial charge in [-0.2, -0.15) is 0 Å². The fourth-order valence-electron chi connectivity index (χ4n) is 1.72. The number of hydrogen-bond donors (Lipinski definition) is 2. The van der Waals surface area contributed by atoms with E-state index in [0.29, 0.717) is 0 Å². The second-order valence-corrected chi connectivity index (χ2v) is 5.43. The molecule has 1 rings (SSSR count). The summed E-state index contributed by atoms with van der Waals surface area (Å²) in [6.07, 6.45) is 0. The van der Waals surface area contributed by atoms with Crippen molar-refractivity contribution in [3.8, 4) is 0 Å². The largest absolute Gasteiger partial charge is 0.395 e. The van der Waals surface area contributed by atoms with Crippen molar-refractivity contribution in [1.29, 1.82) is 0 Å². The summed E-state index contributed by atoms with van der Waals surface area (Å²) in [7, 11) is -0.511. The zero-order valence-corrected chi connectivity index (χ0v) is 10.2. The highest BCUT2D eigenvalue weighted by Gasteiger charge is 2.15. The van der Waals surface area contributed by atoms with Crippen molar-refractivity contribution in [2.45, 2.75) is 6.92 Å². The molecule has 5 heteroatoms. The van der Waals surface area contributed by atoms with Gasteiger partial charge in [-0.15, -0.1) is 0 Å². The Labute approximate surface area is 94.6 Å². The van der Waals surface area contributed by atoms with E-state index in [1.54, 1.807) is 0 Å². The predicted octanol–water partition coefficient (Wildman–Crippen LogP) is 0.160. The van der Waals surface area contributed by atoms with Gasteiger partial charge in [-0.1, -0.05) is 10.8 Å². The van der Waals surface area contributed by atoms with Crippen LogP contribution in [0.2, 0.25) is 0 Å². The highest BCUT2D eigenvalue weighted by molar-refractivity contribution is 8.10. The van der Waals surface area contributed by atoms with Crippen LogP contribution in [0.5, 0.6) is 0 Å². The Bertz CT molecular complexity index is 204. The van der Waals surface area contributed by atoms with E-state index >= 15 is 0 Å². The summed E-state index contributed by atoms with van der Waals surface area (Å²) in [5.74, 6) is 0.858. The molecule has 1 aliphatic rings. The van der Waals surface area contributed by atoms with Crippen LogP contribution in [0.25, 0.3) is 0 Å². The van der Waals surface area contributed by atoms with Crippen LogP contribution in [0.15, 0.2) is 0 Å². The first kappa shape index (κ1) is 13.1. The Hall–Kier alpha value is 0.0600. The molecule has 0 bridgehead atoms. The van der Waals surface area contributed by atoms with E-state index in [-0.39, 0.29) is 6.61 Å². The summed E-state index contributed by atoms with van der Waals surface area (Å²) >= 11 is 0. The highest BCUT2D eigenvalue weighted by atomic mass is 32.2. The van der Waals surface area contributed by atoms with E-state index in [0.717, 1.165) is 45.0 Å². The number of piperazine rings is 1. The molecule has 4 nitrogen and oxygen atoms in total. The molecule has 0 saturated carbocycles. The lowest BCUT2D eigenvalue weighted by atomic mass is 10.3. The second kappa shape index (κ2) is 7.35. The average molecular weight is 234 g/mol. The molecule has 15 heavy (non-hydrogen) atoms. The number of nitrogens with zero attached hydrogens (tertiary/aromatic N) is 2. The minimum atomic E-state index is -0.511. The van der Waals surface area contributed by atoms with Crippen molar-refractivity contribution < 1.29 is 9.66 Å². The molecule has 1 unspecified atom stereocenters. The Morgan fingerprint density at radius 3 is 2.13 bits per heavy atom. The Balaban J connectivity index is 2.14.